The lowest BCUT2D eigenvalue weighted by Gasteiger charge is -2.03. The van der Waals surface area contributed by atoms with Gasteiger partial charge in [-0.05, 0) is 24.3 Å². The van der Waals surface area contributed by atoms with E-state index < -0.39 is 0 Å². The van der Waals surface area contributed by atoms with Gasteiger partial charge in [0.15, 0.2) is 0 Å². The van der Waals surface area contributed by atoms with Gasteiger partial charge in [-0.15, -0.1) is 10.2 Å². The van der Waals surface area contributed by atoms with Crippen molar-refractivity contribution < 1.29 is 9.53 Å². The molecule has 3 N–H and O–H groups in total. The first kappa shape index (κ1) is 11.3. The highest BCUT2D eigenvalue weighted by molar-refractivity contribution is 7.16. The second kappa shape index (κ2) is 4.79. The lowest BCUT2D eigenvalue weighted by atomic mass is 10.3. The first-order chi connectivity index (χ1) is 8.19. The van der Waals surface area contributed by atoms with E-state index in [4.69, 9.17) is 10.5 Å². The molecule has 0 saturated carbocycles. The van der Waals surface area contributed by atoms with Crippen LogP contribution < -0.4 is 15.8 Å². The first-order valence-corrected chi connectivity index (χ1v) is 5.55. The molecule has 0 aliphatic heterocycles. The molecule has 0 saturated heterocycles. The third kappa shape index (κ3) is 2.70. The number of nitrogen functional groups attached to an aromatic ring is 1. The minimum atomic E-state index is -0.329. The Morgan fingerprint density at radius 2 is 2.06 bits per heavy atom. The molecule has 17 heavy (non-hydrogen) atoms. The predicted octanol–water partition coefficient (Wildman–Crippen LogP) is 1.38. The molecule has 0 unspecified atom stereocenters. The molecule has 7 heteroatoms. The van der Waals surface area contributed by atoms with Crippen LogP contribution in [0.4, 0.5) is 10.8 Å². The zero-order valence-corrected chi connectivity index (χ0v) is 9.82. The number of nitrogens with zero attached hydrogens (tertiary/aromatic N) is 2. The van der Waals surface area contributed by atoms with Gasteiger partial charge in [0.1, 0.15) is 5.75 Å². The van der Waals surface area contributed by atoms with Gasteiger partial charge in [-0.3, -0.25) is 4.79 Å². The van der Waals surface area contributed by atoms with Gasteiger partial charge in [-0.2, -0.15) is 0 Å². The highest BCUT2D eigenvalue weighted by atomic mass is 32.1. The van der Waals surface area contributed by atoms with Crippen LogP contribution in [0.1, 0.15) is 9.80 Å². The molecule has 0 bridgehead atoms. The van der Waals surface area contributed by atoms with Crippen molar-refractivity contribution in [3.8, 4) is 5.75 Å². The average Bonchev–Trinajstić information content (AvgIpc) is 2.77. The Labute approximate surface area is 101 Å². The summed E-state index contributed by atoms with van der Waals surface area (Å²) in [4.78, 5) is 11.7. The summed E-state index contributed by atoms with van der Waals surface area (Å²) in [5.41, 5.74) is 6.05. The molecule has 1 aromatic carbocycles. The van der Waals surface area contributed by atoms with Crippen LogP contribution in [0.15, 0.2) is 24.3 Å². The molecule has 0 aliphatic carbocycles. The molecular formula is C10H10N4O2S. The second-order valence-electron chi connectivity index (χ2n) is 3.13. The quantitative estimate of drug-likeness (QED) is 0.858. The number of hydrogen-bond donors (Lipinski definition) is 2. The zero-order chi connectivity index (χ0) is 12.3. The van der Waals surface area contributed by atoms with E-state index in [1.165, 1.54) is 0 Å². The van der Waals surface area contributed by atoms with Gasteiger partial charge in [0.2, 0.25) is 10.1 Å². The average molecular weight is 250 g/mol. The molecule has 0 radical (unpaired) electrons. The van der Waals surface area contributed by atoms with Crippen molar-refractivity contribution >= 4 is 28.1 Å². The van der Waals surface area contributed by atoms with Crippen LogP contribution in [0.3, 0.4) is 0 Å². The number of carbonyl (C=O) groups is 1. The summed E-state index contributed by atoms with van der Waals surface area (Å²) in [6.45, 7) is 0. The maximum absolute atomic E-state index is 11.7. The van der Waals surface area contributed by atoms with Crippen molar-refractivity contribution in [1.82, 2.24) is 10.2 Å². The summed E-state index contributed by atoms with van der Waals surface area (Å²) in [5, 5.41) is 10.4. The fourth-order valence-electron chi connectivity index (χ4n) is 1.19. The van der Waals surface area contributed by atoms with Crippen molar-refractivity contribution in [1.29, 1.82) is 0 Å². The highest BCUT2D eigenvalue weighted by Gasteiger charge is 2.11. The van der Waals surface area contributed by atoms with Gasteiger partial charge in [-0.1, -0.05) is 11.3 Å². The van der Waals surface area contributed by atoms with Crippen LogP contribution >= 0.6 is 11.3 Å². The Kier molecular flexibility index (Phi) is 3.20. The van der Waals surface area contributed by atoms with Crippen molar-refractivity contribution in [2.24, 2.45) is 0 Å². The number of anilines is 2. The maximum atomic E-state index is 11.7. The number of methoxy groups -OCH3 is 1. The van der Waals surface area contributed by atoms with Gasteiger partial charge < -0.3 is 15.8 Å². The lowest BCUT2D eigenvalue weighted by Crippen LogP contribution is -2.11. The summed E-state index contributed by atoms with van der Waals surface area (Å²) in [5.74, 6) is 0.396. The van der Waals surface area contributed by atoms with E-state index in [1.807, 2.05) is 0 Å². The molecule has 1 amide bonds. The highest BCUT2D eigenvalue weighted by Crippen LogP contribution is 2.17. The summed E-state index contributed by atoms with van der Waals surface area (Å²) in [6.07, 6.45) is 0. The molecule has 6 nitrogen and oxygen atoms in total. The van der Waals surface area contributed by atoms with Gasteiger partial charge in [0.25, 0.3) is 5.91 Å². The summed E-state index contributed by atoms with van der Waals surface area (Å²) in [6, 6.07) is 6.98. The van der Waals surface area contributed by atoms with Crippen LogP contribution in [0.5, 0.6) is 5.75 Å². The number of aromatic nitrogens is 2. The Morgan fingerprint density at radius 3 is 2.59 bits per heavy atom. The van der Waals surface area contributed by atoms with E-state index in [2.05, 4.69) is 15.5 Å². The minimum absolute atomic E-state index is 0.235. The number of ether oxygens (including phenoxy) is 1. The second-order valence-corrected chi connectivity index (χ2v) is 4.14. The number of nitrogens with one attached hydrogen (secondary N) is 1. The largest absolute Gasteiger partial charge is 0.497 e. The number of nitrogens with two attached hydrogens (primary N) is 1. The fraction of sp³-hybridized carbons (Fsp3) is 0.100. The lowest BCUT2D eigenvalue weighted by molar-refractivity contribution is 0.102. The van der Waals surface area contributed by atoms with Crippen molar-refractivity contribution in [3.05, 3.63) is 29.3 Å². The number of rotatable bonds is 3. The normalized spacial score (nSPS) is 9.94. The van der Waals surface area contributed by atoms with E-state index in [-0.39, 0.29) is 16.0 Å². The van der Waals surface area contributed by atoms with E-state index >= 15 is 0 Å². The number of carbonyl (C=O) groups excluding carboxylic acids is 1. The molecule has 0 spiro atoms. The van der Waals surface area contributed by atoms with Gasteiger partial charge in [0.05, 0.1) is 7.11 Å². The van der Waals surface area contributed by atoms with Crippen LogP contribution in [0.25, 0.3) is 0 Å². The molecule has 0 aliphatic rings. The van der Waals surface area contributed by atoms with Crippen LogP contribution in [-0.4, -0.2) is 23.2 Å². The molecule has 2 aromatic rings. The minimum Gasteiger partial charge on any atom is -0.497 e. The van der Waals surface area contributed by atoms with Crippen LogP contribution in [0, 0.1) is 0 Å². The van der Waals surface area contributed by atoms with Crippen LogP contribution in [0.2, 0.25) is 0 Å². The Hall–Kier alpha value is -2.15. The van der Waals surface area contributed by atoms with Gasteiger partial charge >= 0.3 is 0 Å². The third-order valence-corrected chi connectivity index (χ3v) is 2.73. The van der Waals surface area contributed by atoms with E-state index in [1.54, 1.807) is 31.4 Å². The van der Waals surface area contributed by atoms with Gasteiger partial charge in [0, 0.05) is 5.69 Å². The monoisotopic (exact) mass is 250 g/mol. The Bertz CT molecular complexity index is 523. The van der Waals surface area contributed by atoms with Crippen molar-refractivity contribution in [3.63, 3.8) is 0 Å². The van der Waals surface area contributed by atoms with E-state index in [9.17, 15) is 4.79 Å². The van der Waals surface area contributed by atoms with Crippen LogP contribution in [-0.2, 0) is 0 Å². The number of amides is 1. The molecule has 2 rings (SSSR count). The first-order valence-electron chi connectivity index (χ1n) is 4.73. The summed E-state index contributed by atoms with van der Waals surface area (Å²) < 4.78 is 5.01. The Balaban J connectivity index is 2.07. The maximum Gasteiger partial charge on any atom is 0.286 e. The topological polar surface area (TPSA) is 90.1 Å². The molecule has 1 aromatic heterocycles. The zero-order valence-electron chi connectivity index (χ0n) is 9.01. The van der Waals surface area contributed by atoms with E-state index in [0.29, 0.717) is 5.69 Å². The smallest absolute Gasteiger partial charge is 0.286 e. The molecule has 88 valence electrons. The predicted molar refractivity (Wildman–Crippen MR) is 65.3 cm³/mol. The molecule has 1 heterocycles. The van der Waals surface area contributed by atoms with Crippen molar-refractivity contribution in [2.45, 2.75) is 0 Å². The summed E-state index contributed by atoms with van der Waals surface area (Å²) in [7, 11) is 1.58. The molecular weight excluding hydrogens is 240 g/mol. The number of hydrogen-bond acceptors (Lipinski definition) is 6. The summed E-state index contributed by atoms with van der Waals surface area (Å²) >= 11 is 1.04. The fourth-order valence-corrected chi connectivity index (χ4v) is 1.69. The molecule has 0 fully saturated rings. The standard InChI is InChI=1S/C10H10N4O2S/c1-16-7-4-2-6(3-5-7)12-8(15)9-13-14-10(11)17-9/h2-5H,1H3,(H2,11,14)(H,12,15). The SMILES string of the molecule is COc1ccc(NC(=O)c2nnc(N)s2)cc1. The Morgan fingerprint density at radius 1 is 1.35 bits per heavy atom. The third-order valence-electron chi connectivity index (χ3n) is 1.98. The van der Waals surface area contributed by atoms with E-state index in [0.717, 1.165) is 17.1 Å². The van der Waals surface area contributed by atoms with Gasteiger partial charge in [-0.25, -0.2) is 0 Å². The number of benzene rings is 1. The van der Waals surface area contributed by atoms with Crippen molar-refractivity contribution in [2.75, 3.05) is 18.2 Å². The molecule has 0 atom stereocenters.